The van der Waals surface area contributed by atoms with E-state index >= 15 is 0 Å². The molecule has 118 valence electrons. The Bertz CT molecular complexity index is 462. The molecule has 0 heterocycles. The normalized spacial score (nSPS) is 11.3. The summed E-state index contributed by atoms with van der Waals surface area (Å²) in [7, 11) is 1.63. The summed E-state index contributed by atoms with van der Waals surface area (Å²) in [5.41, 5.74) is 1.46. The molecule has 4 heteroatoms. The van der Waals surface area contributed by atoms with Crippen molar-refractivity contribution in [2.45, 2.75) is 46.6 Å². The Morgan fingerprint density at radius 1 is 1.14 bits per heavy atom. The van der Waals surface area contributed by atoms with Gasteiger partial charge in [-0.2, -0.15) is 0 Å². The summed E-state index contributed by atoms with van der Waals surface area (Å²) in [5.74, 6) is 1.13. The second-order valence-electron chi connectivity index (χ2n) is 6.37. The molecular formula is C17H27ClN2O. The highest BCUT2D eigenvalue weighted by Gasteiger charge is 2.15. The van der Waals surface area contributed by atoms with Crippen molar-refractivity contribution in [1.82, 2.24) is 5.32 Å². The number of nitrogens with one attached hydrogen (secondary N) is 2. The third-order valence-electron chi connectivity index (χ3n) is 3.33. The van der Waals surface area contributed by atoms with Crippen LogP contribution in [0.25, 0.3) is 0 Å². The van der Waals surface area contributed by atoms with E-state index in [9.17, 15) is 4.79 Å². The van der Waals surface area contributed by atoms with Crippen LogP contribution in [0, 0.1) is 11.8 Å². The van der Waals surface area contributed by atoms with Gasteiger partial charge in [0.2, 0.25) is 0 Å². The number of carbonyl (C=O) groups excluding carboxylic acids is 1. The molecule has 0 aliphatic carbocycles. The average molecular weight is 311 g/mol. The van der Waals surface area contributed by atoms with E-state index in [-0.39, 0.29) is 5.91 Å². The molecule has 0 radical (unpaired) electrons. The smallest absolute Gasteiger partial charge is 0.251 e. The van der Waals surface area contributed by atoms with Crippen molar-refractivity contribution in [3.63, 3.8) is 0 Å². The second kappa shape index (κ2) is 8.28. The minimum atomic E-state index is -0.0982. The lowest BCUT2D eigenvalue weighted by atomic mass is 9.95. The van der Waals surface area contributed by atoms with E-state index in [4.69, 9.17) is 11.6 Å². The van der Waals surface area contributed by atoms with E-state index in [1.807, 2.05) is 6.07 Å². The van der Waals surface area contributed by atoms with Crippen LogP contribution in [0.15, 0.2) is 18.2 Å². The Hall–Kier alpha value is -1.22. The molecule has 0 atom stereocenters. The molecule has 0 unspecified atom stereocenters. The van der Waals surface area contributed by atoms with Crippen LogP contribution in [0.4, 0.5) is 5.69 Å². The maximum absolute atomic E-state index is 11.7. The summed E-state index contributed by atoms with van der Waals surface area (Å²) in [5, 5.41) is 6.81. The van der Waals surface area contributed by atoms with Gasteiger partial charge in [-0.3, -0.25) is 4.79 Å². The van der Waals surface area contributed by atoms with Crippen LogP contribution in [0.5, 0.6) is 0 Å². The lowest BCUT2D eigenvalue weighted by Gasteiger charge is -2.24. The molecule has 21 heavy (non-hydrogen) atoms. The minimum absolute atomic E-state index is 0.0982. The third kappa shape index (κ3) is 5.96. The molecule has 0 fully saturated rings. The molecule has 0 saturated carbocycles. The third-order valence-corrected chi connectivity index (χ3v) is 3.66. The fourth-order valence-electron chi connectivity index (χ4n) is 2.49. The summed E-state index contributed by atoms with van der Waals surface area (Å²) in [4.78, 5) is 11.7. The van der Waals surface area contributed by atoms with Crippen molar-refractivity contribution >= 4 is 23.2 Å². The van der Waals surface area contributed by atoms with Gasteiger partial charge >= 0.3 is 0 Å². The van der Waals surface area contributed by atoms with Crippen molar-refractivity contribution < 1.29 is 4.79 Å². The van der Waals surface area contributed by atoms with Crippen molar-refractivity contribution in [3.8, 4) is 0 Å². The highest BCUT2D eigenvalue weighted by Crippen LogP contribution is 2.26. The molecule has 0 aliphatic rings. The molecule has 1 rings (SSSR count). The van der Waals surface area contributed by atoms with Crippen LogP contribution in [-0.2, 0) is 0 Å². The van der Waals surface area contributed by atoms with Crippen molar-refractivity contribution in [2.75, 3.05) is 12.4 Å². The maximum atomic E-state index is 11.7. The molecule has 0 spiro atoms. The monoisotopic (exact) mass is 310 g/mol. The fourth-order valence-corrected chi connectivity index (χ4v) is 2.67. The zero-order valence-electron chi connectivity index (χ0n) is 13.7. The highest BCUT2D eigenvalue weighted by atomic mass is 35.5. The molecule has 3 nitrogen and oxygen atoms in total. The number of anilines is 1. The quantitative estimate of drug-likeness (QED) is 0.774. The SMILES string of the molecule is CNC(=O)c1ccc(Cl)c(NC(CC(C)C)CC(C)C)c1. The standard InChI is InChI=1S/C17H27ClN2O/c1-11(2)8-14(9-12(3)4)20-16-10-13(17(21)19-5)6-7-15(16)18/h6-7,10-12,14,20H,8-9H2,1-5H3,(H,19,21). The van der Waals surface area contributed by atoms with Gasteiger partial charge in [0.05, 0.1) is 10.7 Å². The highest BCUT2D eigenvalue weighted by molar-refractivity contribution is 6.33. The number of carbonyl (C=O) groups is 1. The van der Waals surface area contributed by atoms with E-state index in [0.29, 0.717) is 28.5 Å². The van der Waals surface area contributed by atoms with Gasteiger partial charge in [0.25, 0.3) is 5.91 Å². The number of rotatable bonds is 7. The van der Waals surface area contributed by atoms with E-state index in [1.165, 1.54) is 0 Å². The van der Waals surface area contributed by atoms with Gasteiger partial charge in [-0.1, -0.05) is 39.3 Å². The molecule has 2 N–H and O–H groups in total. The van der Waals surface area contributed by atoms with Gasteiger partial charge in [-0.25, -0.2) is 0 Å². The molecule has 1 aromatic carbocycles. The molecule has 0 saturated heterocycles. The van der Waals surface area contributed by atoms with E-state index in [1.54, 1.807) is 19.2 Å². The molecular weight excluding hydrogens is 284 g/mol. The Kier molecular flexibility index (Phi) is 7.03. The van der Waals surface area contributed by atoms with Gasteiger partial charge in [0, 0.05) is 18.7 Å². The average Bonchev–Trinajstić information content (AvgIpc) is 2.38. The van der Waals surface area contributed by atoms with E-state index in [2.05, 4.69) is 38.3 Å². The number of hydrogen-bond acceptors (Lipinski definition) is 2. The first kappa shape index (κ1) is 17.8. The van der Waals surface area contributed by atoms with Crippen molar-refractivity contribution in [1.29, 1.82) is 0 Å². The first-order chi connectivity index (χ1) is 9.83. The predicted octanol–water partition coefficient (Wildman–Crippen LogP) is 4.57. The summed E-state index contributed by atoms with van der Waals surface area (Å²) in [6, 6.07) is 5.71. The Balaban J connectivity index is 2.93. The molecule has 0 aromatic heterocycles. The van der Waals surface area contributed by atoms with Crippen LogP contribution < -0.4 is 10.6 Å². The van der Waals surface area contributed by atoms with Crippen LogP contribution >= 0.6 is 11.6 Å². The zero-order chi connectivity index (χ0) is 16.0. The zero-order valence-corrected chi connectivity index (χ0v) is 14.4. The molecule has 0 bridgehead atoms. The van der Waals surface area contributed by atoms with Crippen molar-refractivity contribution in [2.24, 2.45) is 11.8 Å². The largest absolute Gasteiger partial charge is 0.381 e. The number of halogens is 1. The number of hydrogen-bond donors (Lipinski definition) is 2. The summed E-state index contributed by atoms with van der Waals surface area (Å²) < 4.78 is 0. The lowest BCUT2D eigenvalue weighted by Crippen LogP contribution is -2.24. The van der Waals surface area contributed by atoms with Crippen molar-refractivity contribution in [3.05, 3.63) is 28.8 Å². The van der Waals surface area contributed by atoms with E-state index < -0.39 is 0 Å². The van der Waals surface area contributed by atoms with Crippen LogP contribution in [-0.4, -0.2) is 19.0 Å². The van der Waals surface area contributed by atoms with Crippen LogP contribution in [0.2, 0.25) is 5.02 Å². The maximum Gasteiger partial charge on any atom is 0.251 e. The first-order valence-corrected chi connectivity index (χ1v) is 7.99. The summed E-state index contributed by atoms with van der Waals surface area (Å²) >= 11 is 6.27. The lowest BCUT2D eigenvalue weighted by molar-refractivity contribution is 0.0963. The van der Waals surface area contributed by atoms with Gasteiger partial charge in [0.15, 0.2) is 0 Å². The predicted molar refractivity (Wildman–Crippen MR) is 91.2 cm³/mol. The first-order valence-electron chi connectivity index (χ1n) is 7.61. The topological polar surface area (TPSA) is 41.1 Å². The van der Waals surface area contributed by atoms with Gasteiger partial charge in [-0.05, 0) is 42.9 Å². The second-order valence-corrected chi connectivity index (χ2v) is 6.78. The van der Waals surface area contributed by atoms with Crippen LogP contribution in [0.3, 0.4) is 0 Å². The minimum Gasteiger partial charge on any atom is -0.381 e. The molecule has 1 aromatic rings. The van der Waals surface area contributed by atoms with E-state index in [0.717, 1.165) is 18.5 Å². The molecule has 1 amide bonds. The number of amides is 1. The van der Waals surface area contributed by atoms with Gasteiger partial charge in [-0.15, -0.1) is 0 Å². The Morgan fingerprint density at radius 3 is 2.19 bits per heavy atom. The number of benzene rings is 1. The summed E-state index contributed by atoms with van der Waals surface area (Å²) in [6.45, 7) is 8.88. The van der Waals surface area contributed by atoms with Crippen LogP contribution in [0.1, 0.15) is 50.9 Å². The fraction of sp³-hybridized carbons (Fsp3) is 0.588. The summed E-state index contributed by atoms with van der Waals surface area (Å²) in [6.07, 6.45) is 2.16. The van der Waals surface area contributed by atoms with Gasteiger partial charge < -0.3 is 10.6 Å². The Morgan fingerprint density at radius 2 is 1.71 bits per heavy atom. The molecule has 0 aliphatic heterocycles. The Labute approximate surface area is 133 Å². The van der Waals surface area contributed by atoms with Gasteiger partial charge in [0.1, 0.15) is 0 Å².